The van der Waals surface area contributed by atoms with E-state index in [2.05, 4.69) is 11.9 Å². The van der Waals surface area contributed by atoms with E-state index >= 15 is 0 Å². The first kappa shape index (κ1) is 7.98. The molecule has 3 heteroatoms. The lowest BCUT2D eigenvalue weighted by Crippen LogP contribution is -2.40. The summed E-state index contributed by atoms with van der Waals surface area (Å²) in [5, 5.41) is 8.61. The Bertz CT molecular complexity index is 95.6. The number of rotatable bonds is 2. The summed E-state index contributed by atoms with van der Waals surface area (Å²) in [5.74, 6) is 0. The molecule has 3 nitrogen and oxygen atoms in total. The van der Waals surface area contributed by atoms with E-state index < -0.39 is 0 Å². The molecule has 0 aromatic heterocycles. The van der Waals surface area contributed by atoms with Crippen LogP contribution in [0.5, 0.6) is 0 Å². The summed E-state index contributed by atoms with van der Waals surface area (Å²) < 4.78 is 5.39. The van der Waals surface area contributed by atoms with Gasteiger partial charge in [-0.05, 0) is 13.5 Å². The Balaban J connectivity index is 2.18. The topological polar surface area (TPSA) is 32.7 Å². The standard InChI is InChI=1S/C7H15NO2/c1-8-3-5-10-7(6-8)2-4-9/h7,9H,2-6H2,1H3/t7-/m1/s1. The normalized spacial score (nSPS) is 28.8. The van der Waals surface area contributed by atoms with Gasteiger partial charge in [-0.25, -0.2) is 0 Å². The fraction of sp³-hybridized carbons (Fsp3) is 1.00. The van der Waals surface area contributed by atoms with Crippen molar-refractivity contribution in [3.8, 4) is 0 Å². The molecule has 10 heavy (non-hydrogen) atoms. The molecule has 0 bridgehead atoms. The zero-order valence-corrected chi connectivity index (χ0v) is 6.42. The van der Waals surface area contributed by atoms with Crippen molar-refractivity contribution in [2.75, 3.05) is 33.4 Å². The van der Waals surface area contributed by atoms with Gasteiger partial charge in [0.2, 0.25) is 0 Å². The minimum atomic E-state index is 0.235. The molecule has 0 saturated carbocycles. The third-order valence-corrected chi connectivity index (χ3v) is 1.79. The smallest absolute Gasteiger partial charge is 0.0724 e. The maximum absolute atomic E-state index is 8.61. The second kappa shape index (κ2) is 3.91. The number of aliphatic hydroxyl groups excluding tert-OH is 1. The summed E-state index contributed by atoms with van der Waals surface area (Å²) in [5.41, 5.74) is 0. The van der Waals surface area contributed by atoms with Crippen molar-refractivity contribution in [1.29, 1.82) is 0 Å². The van der Waals surface area contributed by atoms with Gasteiger partial charge in [-0.3, -0.25) is 0 Å². The fourth-order valence-electron chi connectivity index (χ4n) is 1.19. The monoisotopic (exact) mass is 145 g/mol. The molecule has 1 aliphatic heterocycles. The number of morpholine rings is 1. The minimum Gasteiger partial charge on any atom is -0.396 e. The van der Waals surface area contributed by atoms with Crippen molar-refractivity contribution in [3.63, 3.8) is 0 Å². The lowest BCUT2D eigenvalue weighted by atomic mass is 10.2. The van der Waals surface area contributed by atoms with Crippen LogP contribution in [0.15, 0.2) is 0 Å². The fourth-order valence-corrected chi connectivity index (χ4v) is 1.19. The molecule has 0 amide bonds. The third-order valence-electron chi connectivity index (χ3n) is 1.79. The van der Waals surface area contributed by atoms with Gasteiger partial charge in [0, 0.05) is 19.7 Å². The number of ether oxygens (including phenoxy) is 1. The van der Waals surface area contributed by atoms with Gasteiger partial charge in [-0.2, -0.15) is 0 Å². The van der Waals surface area contributed by atoms with Crippen LogP contribution in [-0.2, 0) is 4.74 Å². The SMILES string of the molecule is CN1CCO[C@H](CCO)C1. The molecule has 0 spiro atoms. The lowest BCUT2D eigenvalue weighted by Gasteiger charge is -2.29. The minimum absolute atomic E-state index is 0.235. The van der Waals surface area contributed by atoms with Crippen LogP contribution in [0.3, 0.4) is 0 Å². The lowest BCUT2D eigenvalue weighted by molar-refractivity contribution is -0.0297. The molecule has 1 atom stereocenters. The van der Waals surface area contributed by atoms with E-state index in [4.69, 9.17) is 9.84 Å². The molecule has 1 aliphatic rings. The van der Waals surface area contributed by atoms with Crippen molar-refractivity contribution in [3.05, 3.63) is 0 Å². The molecule has 0 radical (unpaired) electrons. The molecule has 0 aromatic rings. The first-order chi connectivity index (χ1) is 4.83. The second-order valence-electron chi connectivity index (χ2n) is 2.77. The van der Waals surface area contributed by atoms with Crippen LogP contribution in [0.25, 0.3) is 0 Å². The number of likely N-dealkylation sites (N-methyl/N-ethyl adjacent to an activating group) is 1. The number of hydrogen-bond acceptors (Lipinski definition) is 3. The molecule has 0 aromatic carbocycles. The quantitative estimate of drug-likeness (QED) is 0.579. The molecule has 60 valence electrons. The summed E-state index contributed by atoms with van der Waals surface area (Å²) in [6.45, 7) is 3.02. The Morgan fingerprint density at radius 1 is 1.70 bits per heavy atom. The van der Waals surface area contributed by atoms with Crippen molar-refractivity contribution < 1.29 is 9.84 Å². The maximum atomic E-state index is 8.61. The Hall–Kier alpha value is -0.120. The second-order valence-corrected chi connectivity index (χ2v) is 2.77. The highest BCUT2D eigenvalue weighted by atomic mass is 16.5. The molecule has 0 unspecified atom stereocenters. The van der Waals surface area contributed by atoms with E-state index in [0.717, 1.165) is 26.1 Å². The highest BCUT2D eigenvalue weighted by Gasteiger charge is 2.16. The van der Waals surface area contributed by atoms with Gasteiger partial charge in [0.1, 0.15) is 0 Å². The molecule has 1 fully saturated rings. The molecule has 1 saturated heterocycles. The van der Waals surface area contributed by atoms with Gasteiger partial charge in [0.05, 0.1) is 12.7 Å². The molecule has 1 rings (SSSR count). The van der Waals surface area contributed by atoms with Gasteiger partial charge >= 0.3 is 0 Å². The van der Waals surface area contributed by atoms with E-state index in [1.165, 1.54) is 0 Å². The van der Waals surface area contributed by atoms with Crippen LogP contribution in [-0.4, -0.2) is 49.5 Å². The predicted octanol–water partition coefficient (Wildman–Crippen LogP) is -0.301. The van der Waals surface area contributed by atoms with E-state index in [0.29, 0.717) is 0 Å². The van der Waals surface area contributed by atoms with E-state index in [1.54, 1.807) is 0 Å². The zero-order valence-electron chi connectivity index (χ0n) is 6.42. The number of aliphatic hydroxyl groups is 1. The Kier molecular flexibility index (Phi) is 3.12. The van der Waals surface area contributed by atoms with Gasteiger partial charge in [0.15, 0.2) is 0 Å². The van der Waals surface area contributed by atoms with Crippen LogP contribution < -0.4 is 0 Å². The Morgan fingerprint density at radius 2 is 2.50 bits per heavy atom. The molecular weight excluding hydrogens is 130 g/mol. The summed E-state index contributed by atoms with van der Waals surface area (Å²) >= 11 is 0. The molecule has 1 heterocycles. The zero-order chi connectivity index (χ0) is 7.40. The first-order valence-electron chi connectivity index (χ1n) is 3.74. The largest absolute Gasteiger partial charge is 0.396 e. The van der Waals surface area contributed by atoms with Crippen molar-refractivity contribution in [2.45, 2.75) is 12.5 Å². The summed E-state index contributed by atoms with van der Waals surface area (Å²) in [6, 6.07) is 0. The van der Waals surface area contributed by atoms with Crippen LogP contribution in [0.2, 0.25) is 0 Å². The van der Waals surface area contributed by atoms with Crippen LogP contribution in [0.4, 0.5) is 0 Å². The van der Waals surface area contributed by atoms with E-state index in [1.807, 2.05) is 0 Å². The third kappa shape index (κ3) is 2.25. The van der Waals surface area contributed by atoms with Crippen molar-refractivity contribution in [2.24, 2.45) is 0 Å². The van der Waals surface area contributed by atoms with Crippen LogP contribution in [0.1, 0.15) is 6.42 Å². The van der Waals surface area contributed by atoms with Crippen molar-refractivity contribution in [1.82, 2.24) is 4.90 Å². The molecular formula is C7H15NO2. The van der Waals surface area contributed by atoms with E-state index in [9.17, 15) is 0 Å². The highest BCUT2D eigenvalue weighted by molar-refractivity contribution is 4.67. The number of hydrogen-bond donors (Lipinski definition) is 1. The average Bonchev–Trinajstić information content (AvgIpc) is 1.88. The summed E-state index contributed by atoms with van der Waals surface area (Å²) in [7, 11) is 2.08. The number of nitrogens with zero attached hydrogens (tertiary/aromatic N) is 1. The van der Waals surface area contributed by atoms with Crippen molar-refractivity contribution >= 4 is 0 Å². The van der Waals surface area contributed by atoms with Gasteiger partial charge in [0.25, 0.3) is 0 Å². The van der Waals surface area contributed by atoms with Gasteiger partial charge < -0.3 is 14.7 Å². The highest BCUT2D eigenvalue weighted by Crippen LogP contribution is 2.05. The van der Waals surface area contributed by atoms with Crippen LogP contribution in [0, 0.1) is 0 Å². The summed E-state index contributed by atoms with van der Waals surface area (Å²) in [6.07, 6.45) is 1.02. The first-order valence-corrected chi connectivity index (χ1v) is 3.74. The average molecular weight is 145 g/mol. The van der Waals surface area contributed by atoms with Gasteiger partial charge in [-0.15, -0.1) is 0 Å². The Labute approximate surface area is 61.6 Å². The molecule has 0 aliphatic carbocycles. The predicted molar refractivity (Wildman–Crippen MR) is 38.9 cm³/mol. The van der Waals surface area contributed by atoms with Crippen LogP contribution >= 0.6 is 0 Å². The van der Waals surface area contributed by atoms with Gasteiger partial charge in [-0.1, -0.05) is 0 Å². The van der Waals surface area contributed by atoms with E-state index in [-0.39, 0.29) is 12.7 Å². The Morgan fingerprint density at radius 3 is 3.10 bits per heavy atom. The summed E-state index contributed by atoms with van der Waals surface area (Å²) in [4.78, 5) is 2.23. The maximum Gasteiger partial charge on any atom is 0.0724 e. The molecule has 1 N–H and O–H groups in total.